The number of hydrogen-bond acceptors (Lipinski definition) is 5. The first-order chi connectivity index (χ1) is 13.0. The van der Waals surface area contributed by atoms with Crippen LogP contribution in [0.15, 0.2) is 48.5 Å². The molecular formula is C21H19NO5. The van der Waals surface area contributed by atoms with Crippen LogP contribution in [0.1, 0.15) is 11.1 Å². The molecular weight excluding hydrogens is 346 g/mol. The maximum absolute atomic E-state index is 13.4. The lowest BCUT2D eigenvalue weighted by Gasteiger charge is -2.22. The van der Waals surface area contributed by atoms with Crippen molar-refractivity contribution in [2.45, 2.75) is 12.3 Å². The summed E-state index contributed by atoms with van der Waals surface area (Å²) in [7, 11) is 2.82. The summed E-state index contributed by atoms with van der Waals surface area (Å²) < 4.78 is 10.00. The van der Waals surface area contributed by atoms with E-state index in [9.17, 15) is 14.4 Å². The van der Waals surface area contributed by atoms with Crippen LogP contribution < -0.4 is 9.64 Å². The quantitative estimate of drug-likeness (QED) is 0.614. The van der Waals surface area contributed by atoms with E-state index >= 15 is 0 Å². The third-order valence-corrected chi connectivity index (χ3v) is 5.56. The van der Waals surface area contributed by atoms with Crippen molar-refractivity contribution in [2.24, 2.45) is 11.8 Å². The molecule has 27 heavy (non-hydrogen) atoms. The minimum absolute atomic E-state index is 0.374. The van der Waals surface area contributed by atoms with Crippen LogP contribution >= 0.6 is 0 Å². The Morgan fingerprint density at radius 2 is 1.63 bits per heavy atom. The molecule has 2 aliphatic rings. The Morgan fingerprint density at radius 1 is 1.00 bits per heavy atom. The van der Waals surface area contributed by atoms with E-state index < -0.39 is 23.2 Å². The zero-order chi connectivity index (χ0) is 19.3. The number of carbonyl (C=O) groups excluding carboxylic acids is 3. The predicted octanol–water partition coefficient (Wildman–Crippen LogP) is 2.23. The van der Waals surface area contributed by atoms with Gasteiger partial charge in [-0.05, 0) is 36.8 Å². The van der Waals surface area contributed by atoms with E-state index in [0.29, 0.717) is 17.0 Å². The average Bonchev–Trinajstić information content (AvgIpc) is 3.33. The standard InChI is InChI=1S/C21H19NO5/c1-12-4-6-13(7-5-12)21-16(17(21)19(24)27-3)18(23)22(20(21)25)14-8-10-15(26-2)11-9-14/h4-11,16-17H,1-3H3/t16-,17+,21-/m0/s1. The second kappa shape index (κ2) is 5.94. The van der Waals surface area contributed by atoms with Crippen molar-refractivity contribution in [3.8, 4) is 5.75 Å². The second-order valence-corrected chi connectivity index (χ2v) is 6.89. The third kappa shape index (κ3) is 2.22. The molecule has 0 radical (unpaired) electrons. The number of anilines is 1. The number of hydrogen-bond donors (Lipinski definition) is 0. The molecule has 4 rings (SSSR count). The maximum atomic E-state index is 13.4. The summed E-state index contributed by atoms with van der Waals surface area (Å²) in [5, 5.41) is 0. The highest BCUT2D eigenvalue weighted by molar-refractivity contribution is 6.31. The van der Waals surface area contributed by atoms with Gasteiger partial charge in [-0.1, -0.05) is 29.8 Å². The first-order valence-corrected chi connectivity index (χ1v) is 8.64. The summed E-state index contributed by atoms with van der Waals surface area (Å²) in [6, 6.07) is 14.1. The van der Waals surface area contributed by atoms with Crippen LogP contribution in [0.3, 0.4) is 0 Å². The van der Waals surface area contributed by atoms with E-state index in [1.54, 1.807) is 31.4 Å². The third-order valence-electron chi connectivity index (χ3n) is 5.56. The lowest BCUT2D eigenvalue weighted by Crippen LogP contribution is -2.40. The minimum Gasteiger partial charge on any atom is -0.497 e. The summed E-state index contributed by atoms with van der Waals surface area (Å²) in [6.07, 6.45) is 0. The van der Waals surface area contributed by atoms with Crippen LogP contribution in [0, 0.1) is 18.8 Å². The Kier molecular flexibility index (Phi) is 3.80. The summed E-state index contributed by atoms with van der Waals surface area (Å²) in [4.78, 5) is 39.9. The molecule has 1 heterocycles. The first-order valence-electron chi connectivity index (χ1n) is 8.64. The number of nitrogens with zero attached hydrogens (tertiary/aromatic N) is 1. The summed E-state index contributed by atoms with van der Waals surface area (Å²) in [6.45, 7) is 1.94. The lowest BCUT2D eigenvalue weighted by atomic mass is 9.91. The van der Waals surface area contributed by atoms with Crippen molar-refractivity contribution in [3.63, 3.8) is 0 Å². The Morgan fingerprint density at radius 3 is 2.19 bits per heavy atom. The van der Waals surface area contributed by atoms with Gasteiger partial charge >= 0.3 is 5.97 Å². The molecule has 0 spiro atoms. The van der Waals surface area contributed by atoms with Gasteiger partial charge in [0.15, 0.2) is 0 Å². The number of piperidine rings is 1. The predicted molar refractivity (Wildman–Crippen MR) is 97.3 cm³/mol. The monoisotopic (exact) mass is 365 g/mol. The van der Waals surface area contributed by atoms with Crippen LogP contribution in [0.5, 0.6) is 5.75 Å². The fourth-order valence-electron chi connectivity index (χ4n) is 4.15. The molecule has 0 aromatic heterocycles. The molecule has 3 atom stereocenters. The summed E-state index contributed by atoms with van der Waals surface area (Å²) >= 11 is 0. The van der Waals surface area contributed by atoms with Crippen LogP contribution in [-0.4, -0.2) is 32.0 Å². The van der Waals surface area contributed by atoms with E-state index in [0.717, 1.165) is 5.56 Å². The van der Waals surface area contributed by atoms with Crippen molar-refractivity contribution in [3.05, 3.63) is 59.7 Å². The van der Waals surface area contributed by atoms with Crippen LogP contribution in [0.4, 0.5) is 5.69 Å². The molecule has 0 bridgehead atoms. The van der Waals surface area contributed by atoms with Gasteiger partial charge in [0.1, 0.15) is 11.2 Å². The van der Waals surface area contributed by atoms with Gasteiger partial charge in [-0.25, -0.2) is 4.90 Å². The molecule has 6 nitrogen and oxygen atoms in total. The largest absolute Gasteiger partial charge is 0.497 e. The van der Waals surface area contributed by atoms with Crippen LogP contribution in [0.2, 0.25) is 0 Å². The number of ether oxygens (including phenoxy) is 2. The molecule has 2 aromatic rings. The van der Waals surface area contributed by atoms with E-state index in [1.807, 2.05) is 31.2 Å². The van der Waals surface area contributed by atoms with Crippen molar-refractivity contribution in [1.29, 1.82) is 0 Å². The highest BCUT2D eigenvalue weighted by Gasteiger charge is 2.83. The zero-order valence-corrected chi connectivity index (χ0v) is 15.3. The number of carbonyl (C=O) groups is 3. The van der Waals surface area contributed by atoms with Crippen LogP contribution in [-0.2, 0) is 24.5 Å². The number of benzene rings is 2. The number of rotatable bonds is 4. The molecule has 2 amide bonds. The zero-order valence-electron chi connectivity index (χ0n) is 15.3. The van der Waals surface area contributed by atoms with Crippen molar-refractivity contribution >= 4 is 23.5 Å². The Hall–Kier alpha value is -3.15. The number of imide groups is 1. The molecule has 0 N–H and O–H groups in total. The van der Waals surface area contributed by atoms with E-state index in [4.69, 9.17) is 9.47 Å². The molecule has 6 heteroatoms. The van der Waals surface area contributed by atoms with Gasteiger partial charge in [-0.3, -0.25) is 14.4 Å². The Balaban J connectivity index is 1.79. The summed E-state index contributed by atoms with van der Waals surface area (Å²) in [5.41, 5.74) is 0.986. The number of fused-ring (bicyclic) bond motifs is 1. The highest BCUT2D eigenvalue weighted by atomic mass is 16.5. The van der Waals surface area contributed by atoms with Crippen molar-refractivity contribution < 1.29 is 23.9 Å². The van der Waals surface area contributed by atoms with E-state index in [1.165, 1.54) is 12.0 Å². The van der Waals surface area contributed by atoms with E-state index in [2.05, 4.69) is 0 Å². The number of aryl methyl sites for hydroxylation is 1. The van der Waals surface area contributed by atoms with Crippen LogP contribution in [0.25, 0.3) is 0 Å². The smallest absolute Gasteiger partial charge is 0.310 e. The molecule has 1 saturated heterocycles. The first kappa shape index (κ1) is 17.3. The van der Waals surface area contributed by atoms with Gasteiger partial charge in [-0.15, -0.1) is 0 Å². The molecule has 1 aliphatic carbocycles. The van der Waals surface area contributed by atoms with E-state index in [-0.39, 0.29) is 11.8 Å². The minimum atomic E-state index is -1.18. The van der Waals surface area contributed by atoms with Gasteiger partial charge in [0.25, 0.3) is 0 Å². The fraction of sp³-hybridized carbons (Fsp3) is 0.286. The number of amides is 2. The van der Waals surface area contributed by atoms with Gasteiger partial charge < -0.3 is 9.47 Å². The lowest BCUT2D eigenvalue weighted by molar-refractivity contribution is -0.145. The fourth-order valence-corrected chi connectivity index (χ4v) is 4.15. The normalized spacial score (nSPS) is 26.0. The molecule has 138 valence electrons. The van der Waals surface area contributed by atoms with Gasteiger partial charge in [-0.2, -0.15) is 0 Å². The van der Waals surface area contributed by atoms with Gasteiger partial charge in [0.2, 0.25) is 11.8 Å². The molecule has 1 aliphatic heterocycles. The second-order valence-electron chi connectivity index (χ2n) is 6.89. The SMILES string of the molecule is COC(=O)[C@H]1[C@H]2C(=O)N(c3ccc(OC)cc3)C(=O)[C@@]21c1ccc(C)cc1. The molecule has 2 aromatic carbocycles. The maximum Gasteiger partial charge on any atom is 0.310 e. The Bertz CT molecular complexity index is 934. The Labute approximate surface area is 156 Å². The number of methoxy groups -OCH3 is 2. The number of esters is 1. The average molecular weight is 365 g/mol. The van der Waals surface area contributed by atoms with Crippen molar-refractivity contribution in [1.82, 2.24) is 0 Å². The van der Waals surface area contributed by atoms with Gasteiger partial charge in [0.05, 0.1) is 31.7 Å². The molecule has 2 fully saturated rings. The summed E-state index contributed by atoms with van der Waals surface area (Å²) in [5.74, 6) is -2.18. The van der Waals surface area contributed by atoms with Crippen molar-refractivity contribution in [2.75, 3.05) is 19.1 Å². The topological polar surface area (TPSA) is 72.9 Å². The molecule has 1 saturated carbocycles. The molecule has 0 unspecified atom stereocenters. The van der Waals surface area contributed by atoms with Gasteiger partial charge in [0, 0.05) is 0 Å². The highest BCUT2D eigenvalue weighted by Crippen LogP contribution is 2.66.